The highest BCUT2D eigenvalue weighted by atomic mass is 19.4. The highest BCUT2D eigenvalue weighted by Crippen LogP contribution is 2.42. The van der Waals surface area contributed by atoms with Crippen LogP contribution in [0, 0.1) is 17.8 Å². The van der Waals surface area contributed by atoms with Crippen LogP contribution in [0.1, 0.15) is 12.8 Å². The standard InChI is InChI=1S/C11H16F3N3O/c12-11(13,14)9(5-1-2-5)17-10(18)16-8-6-3-15-4-7(6)8/h5-9,15H,1-4H2,(H2,16,17,18)/t6-,7+,8?,9?. The molecule has 4 nitrogen and oxygen atoms in total. The lowest BCUT2D eigenvalue weighted by Crippen LogP contribution is -2.51. The van der Waals surface area contributed by atoms with E-state index in [0.717, 1.165) is 13.1 Å². The van der Waals surface area contributed by atoms with Crippen molar-refractivity contribution in [1.82, 2.24) is 16.0 Å². The molecule has 7 heteroatoms. The highest BCUT2D eigenvalue weighted by Gasteiger charge is 2.54. The molecule has 1 heterocycles. The third kappa shape index (κ3) is 2.28. The van der Waals surface area contributed by atoms with E-state index in [9.17, 15) is 18.0 Å². The topological polar surface area (TPSA) is 53.2 Å². The van der Waals surface area contributed by atoms with Crippen LogP contribution in [0.3, 0.4) is 0 Å². The van der Waals surface area contributed by atoms with E-state index >= 15 is 0 Å². The summed E-state index contributed by atoms with van der Waals surface area (Å²) in [7, 11) is 0. The predicted molar refractivity (Wildman–Crippen MR) is 57.9 cm³/mol. The van der Waals surface area contributed by atoms with Crippen molar-refractivity contribution >= 4 is 6.03 Å². The maximum atomic E-state index is 12.7. The molecule has 4 atom stereocenters. The van der Waals surface area contributed by atoms with Crippen molar-refractivity contribution in [3.63, 3.8) is 0 Å². The van der Waals surface area contributed by atoms with Gasteiger partial charge in [0.25, 0.3) is 0 Å². The Kier molecular flexibility index (Phi) is 2.69. The molecule has 3 aliphatic rings. The Morgan fingerprint density at radius 3 is 2.33 bits per heavy atom. The summed E-state index contributed by atoms with van der Waals surface area (Å²) in [6, 6.07) is -2.31. The number of urea groups is 1. The van der Waals surface area contributed by atoms with Crippen molar-refractivity contribution in [1.29, 1.82) is 0 Å². The van der Waals surface area contributed by atoms with Gasteiger partial charge in [-0.2, -0.15) is 13.2 Å². The molecule has 2 aliphatic carbocycles. The summed E-state index contributed by atoms with van der Waals surface area (Å²) in [5, 5.41) is 7.90. The second kappa shape index (κ2) is 4.01. The minimum Gasteiger partial charge on any atom is -0.335 e. The summed E-state index contributed by atoms with van der Waals surface area (Å²) in [6.45, 7) is 1.70. The smallest absolute Gasteiger partial charge is 0.335 e. The van der Waals surface area contributed by atoms with Gasteiger partial charge in [0.15, 0.2) is 0 Å². The molecule has 2 amide bonds. The molecule has 1 saturated heterocycles. The van der Waals surface area contributed by atoms with Gasteiger partial charge in [-0.1, -0.05) is 0 Å². The number of piperidine rings is 1. The third-order valence-corrected chi connectivity index (χ3v) is 4.12. The van der Waals surface area contributed by atoms with Gasteiger partial charge in [-0.25, -0.2) is 4.79 Å². The number of fused-ring (bicyclic) bond motifs is 1. The summed E-state index contributed by atoms with van der Waals surface area (Å²) in [5.41, 5.74) is 0. The fraction of sp³-hybridized carbons (Fsp3) is 0.909. The van der Waals surface area contributed by atoms with Crippen molar-refractivity contribution in [3.05, 3.63) is 0 Å². The van der Waals surface area contributed by atoms with Crippen LogP contribution in [0.2, 0.25) is 0 Å². The zero-order chi connectivity index (χ0) is 12.9. The minimum absolute atomic E-state index is 0.0549. The summed E-state index contributed by atoms with van der Waals surface area (Å²) >= 11 is 0. The van der Waals surface area contributed by atoms with Gasteiger partial charge in [-0.15, -0.1) is 0 Å². The Labute approximate surface area is 103 Å². The van der Waals surface area contributed by atoms with E-state index in [2.05, 4.69) is 16.0 Å². The van der Waals surface area contributed by atoms with Gasteiger partial charge in [-0.3, -0.25) is 0 Å². The van der Waals surface area contributed by atoms with Gasteiger partial charge in [0.05, 0.1) is 0 Å². The number of hydrogen-bond donors (Lipinski definition) is 3. The van der Waals surface area contributed by atoms with Crippen LogP contribution in [0.15, 0.2) is 0 Å². The van der Waals surface area contributed by atoms with Gasteiger partial charge in [0, 0.05) is 19.1 Å². The molecule has 0 aromatic rings. The monoisotopic (exact) mass is 263 g/mol. The molecule has 102 valence electrons. The SMILES string of the molecule is O=C(NC1[C@H]2CNC[C@@H]12)NC(C1CC1)C(F)(F)F. The highest BCUT2D eigenvalue weighted by molar-refractivity contribution is 5.75. The predicted octanol–water partition coefficient (Wildman–Crippen LogP) is 0.844. The van der Waals surface area contributed by atoms with Gasteiger partial charge >= 0.3 is 12.2 Å². The number of alkyl halides is 3. The van der Waals surface area contributed by atoms with Crippen LogP contribution >= 0.6 is 0 Å². The molecule has 1 aliphatic heterocycles. The summed E-state index contributed by atoms with van der Waals surface area (Å²) in [4.78, 5) is 11.6. The zero-order valence-corrected chi connectivity index (χ0v) is 9.76. The van der Waals surface area contributed by atoms with E-state index in [1.54, 1.807) is 0 Å². The zero-order valence-electron chi connectivity index (χ0n) is 9.76. The molecule has 0 radical (unpaired) electrons. The molecule has 0 aromatic carbocycles. The first-order chi connectivity index (χ1) is 8.47. The quantitative estimate of drug-likeness (QED) is 0.707. The van der Waals surface area contributed by atoms with Crippen LogP contribution < -0.4 is 16.0 Å². The molecule has 0 aromatic heterocycles. The molecule has 3 rings (SSSR count). The number of carbonyl (C=O) groups is 1. The number of hydrogen-bond acceptors (Lipinski definition) is 2. The minimum atomic E-state index is -4.35. The molecule has 2 unspecified atom stereocenters. The van der Waals surface area contributed by atoms with Crippen molar-refractivity contribution in [2.75, 3.05) is 13.1 Å². The fourth-order valence-corrected chi connectivity index (χ4v) is 2.86. The maximum absolute atomic E-state index is 12.7. The number of carbonyl (C=O) groups excluding carboxylic acids is 1. The summed E-state index contributed by atoms with van der Waals surface area (Å²) < 4.78 is 38.1. The average molecular weight is 263 g/mol. The van der Waals surface area contributed by atoms with Crippen LogP contribution in [-0.2, 0) is 0 Å². The van der Waals surface area contributed by atoms with Crippen molar-refractivity contribution < 1.29 is 18.0 Å². The lowest BCUT2D eigenvalue weighted by atomic mass is 10.2. The van der Waals surface area contributed by atoms with Crippen molar-refractivity contribution in [3.8, 4) is 0 Å². The largest absolute Gasteiger partial charge is 0.408 e. The molecule has 2 saturated carbocycles. The molecule has 3 fully saturated rings. The lowest BCUT2D eigenvalue weighted by Gasteiger charge is -2.21. The van der Waals surface area contributed by atoms with Crippen LogP contribution in [0.4, 0.5) is 18.0 Å². The molecule has 18 heavy (non-hydrogen) atoms. The number of amides is 2. The number of rotatable bonds is 3. The first-order valence-electron chi connectivity index (χ1n) is 6.31. The number of halogens is 3. The second-order valence-corrected chi connectivity index (χ2v) is 5.49. The van der Waals surface area contributed by atoms with Crippen LogP contribution in [0.25, 0.3) is 0 Å². The van der Waals surface area contributed by atoms with E-state index in [1.807, 2.05) is 0 Å². The Bertz CT molecular complexity index is 346. The molecular weight excluding hydrogens is 247 g/mol. The van der Waals surface area contributed by atoms with E-state index in [1.165, 1.54) is 0 Å². The molecule has 0 bridgehead atoms. The molecule has 3 N–H and O–H groups in total. The third-order valence-electron chi connectivity index (χ3n) is 4.12. The lowest BCUT2D eigenvalue weighted by molar-refractivity contribution is -0.157. The van der Waals surface area contributed by atoms with E-state index in [0.29, 0.717) is 24.7 Å². The Morgan fingerprint density at radius 2 is 1.83 bits per heavy atom. The van der Waals surface area contributed by atoms with Gasteiger partial charge < -0.3 is 16.0 Å². The van der Waals surface area contributed by atoms with Crippen molar-refractivity contribution in [2.45, 2.75) is 31.1 Å². The normalized spacial score (nSPS) is 35.8. The first-order valence-corrected chi connectivity index (χ1v) is 6.31. The van der Waals surface area contributed by atoms with E-state index in [4.69, 9.17) is 0 Å². The average Bonchev–Trinajstić information content (AvgIpc) is 3.15. The van der Waals surface area contributed by atoms with Crippen LogP contribution in [-0.4, -0.2) is 37.4 Å². The van der Waals surface area contributed by atoms with Crippen molar-refractivity contribution in [2.24, 2.45) is 17.8 Å². The van der Waals surface area contributed by atoms with E-state index in [-0.39, 0.29) is 6.04 Å². The Balaban J connectivity index is 1.50. The molecule has 0 spiro atoms. The Morgan fingerprint density at radius 1 is 1.22 bits per heavy atom. The van der Waals surface area contributed by atoms with Gasteiger partial charge in [0.2, 0.25) is 0 Å². The van der Waals surface area contributed by atoms with Gasteiger partial charge in [0.1, 0.15) is 6.04 Å². The number of nitrogens with one attached hydrogen (secondary N) is 3. The molecular formula is C11H16F3N3O. The first kappa shape index (κ1) is 12.1. The summed E-state index contributed by atoms with van der Waals surface area (Å²) in [5.74, 6) is 0.373. The Hall–Kier alpha value is -0.980. The maximum Gasteiger partial charge on any atom is 0.408 e. The second-order valence-electron chi connectivity index (χ2n) is 5.49. The van der Waals surface area contributed by atoms with Gasteiger partial charge in [-0.05, 0) is 30.6 Å². The van der Waals surface area contributed by atoms with Crippen LogP contribution in [0.5, 0.6) is 0 Å². The fourth-order valence-electron chi connectivity index (χ4n) is 2.86. The summed E-state index contributed by atoms with van der Waals surface area (Å²) in [6.07, 6.45) is -3.26. The van der Waals surface area contributed by atoms with E-state index < -0.39 is 24.2 Å².